The van der Waals surface area contributed by atoms with Gasteiger partial charge in [-0.25, -0.2) is 9.59 Å². The van der Waals surface area contributed by atoms with E-state index >= 15 is 0 Å². The van der Waals surface area contributed by atoms with Crippen LogP contribution in [0.15, 0.2) is 10.6 Å². The maximum atomic E-state index is 12.4. The summed E-state index contributed by atoms with van der Waals surface area (Å²) in [5.74, 6) is -2.13. The molecule has 25 heavy (non-hydrogen) atoms. The normalized spacial score (nSPS) is 25.8. The summed E-state index contributed by atoms with van der Waals surface area (Å²) in [4.78, 5) is 47.6. The van der Waals surface area contributed by atoms with Crippen molar-refractivity contribution in [2.24, 2.45) is 5.73 Å². The van der Waals surface area contributed by atoms with Crippen molar-refractivity contribution in [1.82, 2.24) is 4.90 Å². The lowest BCUT2D eigenvalue weighted by Gasteiger charge is -2.50. The van der Waals surface area contributed by atoms with E-state index in [4.69, 9.17) is 10.5 Å². The topological polar surface area (TPSA) is 145 Å². The van der Waals surface area contributed by atoms with Gasteiger partial charge in [-0.1, -0.05) is 27.7 Å². The van der Waals surface area contributed by atoms with Crippen molar-refractivity contribution in [2.75, 3.05) is 13.4 Å². The number of esters is 2. The second-order valence-electron chi connectivity index (χ2n) is 5.15. The number of fused-ring (bicyclic) bond motifs is 1. The molecule has 3 atom stereocenters. The van der Waals surface area contributed by atoms with Gasteiger partial charge in [0.1, 0.15) is 17.7 Å². The highest BCUT2D eigenvalue weighted by Crippen LogP contribution is 2.56. The van der Waals surface area contributed by atoms with Crippen molar-refractivity contribution in [1.29, 1.82) is 0 Å². The Labute approximate surface area is 154 Å². The first kappa shape index (κ1) is 19.5. The van der Waals surface area contributed by atoms with Gasteiger partial charge in [0.05, 0.1) is 11.0 Å². The summed E-state index contributed by atoms with van der Waals surface area (Å²) < 4.78 is 12.7. The number of nitrogens with zero attached hydrogens (tertiary/aromatic N) is 1. The highest BCUT2D eigenvalue weighted by atomic mass is 79.9. The first-order valence-electron chi connectivity index (χ1n) is 6.93. The van der Waals surface area contributed by atoms with Crippen LogP contribution in [0.3, 0.4) is 0 Å². The Morgan fingerprint density at radius 2 is 2.04 bits per heavy atom. The number of amides is 2. The van der Waals surface area contributed by atoms with Crippen LogP contribution in [0.5, 0.6) is 0 Å². The summed E-state index contributed by atoms with van der Waals surface area (Å²) in [5.41, 5.74) is 4.77. The number of hydrogen-bond donors (Lipinski definition) is 2. The predicted octanol–water partition coefficient (Wildman–Crippen LogP) is -0.213. The van der Waals surface area contributed by atoms with E-state index < -0.39 is 46.5 Å². The van der Waals surface area contributed by atoms with E-state index in [0.717, 1.165) is 23.6 Å². The van der Waals surface area contributed by atoms with E-state index in [0.29, 0.717) is 0 Å². The Bertz CT molecular complexity index is 666. The quantitative estimate of drug-likeness (QED) is 0.248. The number of aliphatic hydroxyl groups is 1. The fraction of sp³-hybridized carbons (Fsp3) is 0.538. The molecular formula is C13H15BrN2O8S. The van der Waals surface area contributed by atoms with Crippen LogP contribution in [0.25, 0.3) is 0 Å². The van der Waals surface area contributed by atoms with Crippen LogP contribution in [0.1, 0.15) is 13.8 Å². The predicted molar refractivity (Wildman–Crippen MR) is 86.9 cm³/mol. The lowest BCUT2D eigenvalue weighted by molar-refractivity contribution is -0.167. The molecule has 3 N–H and O–H groups in total. The van der Waals surface area contributed by atoms with Crippen LogP contribution in [-0.2, 0) is 28.6 Å². The molecule has 2 amide bonds. The molecule has 0 aliphatic carbocycles. The summed E-state index contributed by atoms with van der Waals surface area (Å²) in [6.45, 7) is 1.60. The number of rotatable bonds is 6. The monoisotopic (exact) mass is 438 g/mol. The Hall–Kier alpha value is -1.79. The van der Waals surface area contributed by atoms with E-state index in [-0.39, 0.29) is 17.2 Å². The number of primary amides is 1. The highest BCUT2D eigenvalue weighted by molar-refractivity contribution is 9.10. The fourth-order valence-electron chi connectivity index (χ4n) is 2.27. The van der Waals surface area contributed by atoms with E-state index in [9.17, 15) is 24.3 Å². The Morgan fingerprint density at radius 1 is 1.40 bits per heavy atom. The van der Waals surface area contributed by atoms with Crippen LogP contribution in [0.4, 0.5) is 4.79 Å². The zero-order valence-corrected chi connectivity index (χ0v) is 15.6. The molecule has 2 aliphatic rings. The number of carbonyl (C=O) groups is 4. The number of nitrogens with two attached hydrogens (primary N) is 1. The standard InChI is InChI=1S/C13H15BrN2O8S/c1-5(17)13(14)10(20)16-8(9(19)24-4-23-6(2)18)7(25-11(13)16)3-22-12(15)21/h5,11,17H,3-4H2,1-2H3,(H2,15,21)/t5-,11-,13+/m1/s1. The number of alkyl halides is 1. The molecule has 138 valence electrons. The number of carbonyl (C=O) groups excluding carboxylic acids is 4. The van der Waals surface area contributed by atoms with Crippen molar-refractivity contribution >= 4 is 51.6 Å². The SMILES string of the molecule is CC(=O)OCOC(=O)C1=C(COC(N)=O)S[C@H]2N1C(=O)[C@@]2(Br)[C@@H](C)O. The van der Waals surface area contributed by atoms with Gasteiger partial charge in [0.15, 0.2) is 4.32 Å². The van der Waals surface area contributed by atoms with Crippen molar-refractivity contribution in [3.63, 3.8) is 0 Å². The number of aliphatic hydroxyl groups excluding tert-OH is 1. The summed E-state index contributed by atoms with van der Waals surface area (Å²) in [5, 5.41) is 9.24. The minimum absolute atomic E-state index is 0.149. The largest absolute Gasteiger partial charge is 0.444 e. The molecule has 10 nitrogen and oxygen atoms in total. The minimum atomic E-state index is -1.28. The third-order valence-corrected chi connectivity index (χ3v) is 6.64. The highest BCUT2D eigenvalue weighted by Gasteiger charge is 2.67. The molecule has 0 aromatic carbocycles. The fourth-order valence-corrected chi connectivity index (χ4v) is 4.41. The maximum absolute atomic E-state index is 12.4. The summed E-state index contributed by atoms with van der Waals surface area (Å²) in [6.07, 6.45) is -2.09. The van der Waals surface area contributed by atoms with Gasteiger partial charge in [0.25, 0.3) is 5.91 Å². The summed E-state index contributed by atoms with van der Waals surface area (Å²) >= 11 is 4.27. The van der Waals surface area contributed by atoms with Crippen LogP contribution >= 0.6 is 27.7 Å². The molecule has 2 rings (SSSR count). The second kappa shape index (κ2) is 7.22. The third kappa shape index (κ3) is 3.46. The number of β-lactam (4-membered cyclic amide) rings is 1. The maximum Gasteiger partial charge on any atom is 0.404 e. The molecule has 12 heteroatoms. The van der Waals surface area contributed by atoms with Gasteiger partial charge >= 0.3 is 18.0 Å². The second-order valence-corrected chi connectivity index (χ2v) is 7.64. The van der Waals surface area contributed by atoms with Gasteiger partial charge in [-0.3, -0.25) is 14.5 Å². The Kier molecular flexibility index (Phi) is 5.64. The average molecular weight is 439 g/mol. The van der Waals surface area contributed by atoms with Crippen LogP contribution in [0, 0.1) is 0 Å². The van der Waals surface area contributed by atoms with Crippen molar-refractivity contribution in [3.05, 3.63) is 10.6 Å². The number of hydrogen-bond acceptors (Lipinski definition) is 9. The van der Waals surface area contributed by atoms with Crippen molar-refractivity contribution in [3.8, 4) is 0 Å². The number of ether oxygens (including phenoxy) is 3. The molecule has 0 aromatic rings. The van der Waals surface area contributed by atoms with E-state index in [1.54, 1.807) is 0 Å². The van der Waals surface area contributed by atoms with Gasteiger partial charge in [-0.05, 0) is 6.92 Å². The Morgan fingerprint density at radius 3 is 2.56 bits per heavy atom. The zero-order valence-electron chi connectivity index (χ0n) is 13.2. The molecule has 1 saturated heterocycles. The summed E-state index contributed by atoms with van der Waals surface area (Å²) in [6, 6.07) is 0. The zero-order chi connectivity index (χ0) is 18.9. The molecule has 0 bridgehead atoms. The molecule has 2 heterocycles. The molecular weight excluding hydrogens is 424 g/mol. The first-order valence-corrected chi connectivity index (χ1v) is 8.61. The van der Waals surface area contributed by atoms with Gasteiger partial charge in [-0.15, -0.1) is 0 Å². The van der Waals surface area contributed by atoms with Crippen molar-refractivity contribution < 1.29 is 38.5 Å². The lowest BCUT2D eigenvalue weighted by atomic mass is 9.92. The molecule has 2 aliphatic heterocycles. The summed E-state index contributed by atoms with van der Waals surface area (Å²) in [7, 11) is 0. The van der Waals surface area contributed by atoms with Crippen LogP contribution in [0.2, 0.25) is 0 Å². The third-order valence-electron chi connectivity index (χ3n) is 3.50. The molecule has 0 saturated carbocycles. The lowest BCUT2D eigenvalue weighted by Crippen LogP contribution is -2.71. The Balaban J connectivity index is 2.22. The van der Waals surface area contributed by atoms with Crippen LogP contribution in [-0.4, -0.2) is 63.1 Å². The van der Waals surface area contributed by atoms with Crippen molar-refractivity contribution in [2.45, 2.75) is 29.6 Å². The number of halogens is 1. The van der Waals surface area contributed by atoms with E-state index in [1.165, 1.54) is 6.92 Å². The van der Waals surface area contributed by atoms with E-state index in [2.05, 4.69) is 25.4 Å². The first-order chi connectivity index (χ1) is 11.6. The molecule has 0 unspecified atom stereocenters. The van der Waals surface area contributed by atoms with E-state index in [1.807, 2.05) is 0 Å². The average Bonchev–Trinajstić information content (AvgIpc) is 2.88. The molecule has 1 fully saturated rings. The minimum Gasteiger partial charge on any atom is -0.444 e. The van der Waals surface area contributed by atoms with Gasteiger partial charge in [-0.2, -0.15) is 0 Å². The molecule has 0 radical (unpaired) electrons. The van der Waals surface area contributed by atoms with Gasteiger partial charge < -0.3 is 25.1 Å². The molecule has 0 spiro atoms. The smallest absolute Gasteiger partial charge is 0.404 e. The number of thioether (sulfide) groups is 1. The van der Waals surface area contributed by atoms with Gasteiger partial charge in [0.2, 0.25) is 6.79 Å². The van der Waals surface area contributed by atoms with Crippen LogP contribution < -0.4 is 5.73 Å². The molecule has 0 aromatic heterocycles. The van der Waals surface area contributed by atoms with Gasteiger partial charge in [0, 0.05) is 6.92 Å².